The van der Waals surface area contributed by atoms with Crippen LogP contribution in [0.1, 0.15) is 50.7 Å². The number of carbonyl (C=O) groups excluding carboxylic acids is 3. The lowest BCUT2D eigenvalue weighted by Gasteiger charge is -2.34. The average Bonchev–Trinajstić information content (AvgIpc) is 3.13. The SMILES string of the molecule is CC(=O)N[C@@H]1C/C=C/CCC(=O)O[C@H](c2ccccc2)[C@@H]2CCCN2C1=O. The topological polar surface area (TPSA) is 75.7 Å². The summed E-state index contributed by atoms with van der Waals surface area (Å²) in [7, 11) is 0. The third kappa shape index (κ3) is 4.76. The molecule has 1 fully saturated rings. The second-order valence-electron chi connectivity index (χ2n) is 7.06. The number of allylic oxidation sites excluding steroid dienone is 1. The molecule has 1 aromatic carbocycles. The van der Waals surface area contributed by atoms with E-state index in [0.717, 1.165) is 18.4 Å². The molecule has 0 bridgehead atoms. The molecule has 27 heavy (non-hydrogen) atoms. The Morgan fingerprint density at radius 3 is 2.70 bits per heavy atom. The van der Waals surface area contributed by atoms with Gasteiger partial charge in [-0.3, -0.25) is 14.4 Å². The predicted molar refractivity (Wildman–Crippen MR) is 101 cm³/mol. The maximum atomic E-state index is 13.2. The normalized spacial score (nSPS) is 27.7. The molecule has 144 valence electrons. The van der Waals surface area contributed by atoms with Crippen molar-refractivity contribution < 1.29 is 19.1 Å². The highest BCUT2D eigenvalue weighted by molar-refractivity contribution is 5.87. The van der Waals surface area contributed by atoms with Crippen LogP contribution in [0, 0.1) is 0 Å². The molecule has 6 heteroatoms. The summed E-state index contributed by atoms with van der Waals surface area (Å²) < 4.78 is 5.83. The Labute approximate surface area is 159 Å². The molecule has 6 nitrogen and oxygen atoms in total. The summed E-state index contributed by atoms with van der Waals surface area (Å²) in [6.45, 7) is 2.02. The number of amides is 2. The Hall–Kier alpha value is -2.63. The molecule has 1 aromatic rings. The van der Waals surface area contributed by atoms with Gasteiger partial charge in [0.1, 0.15) is 12.1 Å². The highest BCUT2D eigenvalue weighted by Crippen LogP contribution is 2.33. The Bertz CT molecular complexity index is 716. The van der Waals surface area contributed by atoms with Crippen LogP contribution in [0.2, 0.25) is 0 Å². The Balaban J connectivity index is 1.94. The smallest absolute Gasteiger partial charge is 0.306 e. The zero-order chi connectivity index (χ0) is 19.2. The van der Waals surface area contributed by atoms with Crippen LogP contribution < -0.4 is 5.32 Å². The van der Waals surface area contributed by atoms with E-state index in [1.54, 1.807) is 4.90 Å². The quantitative estimate of drug-likeness (QED) is 0.641. The fourth-order valence-electron chi connectivity index (χ4n) is 3.81. The van der Waals surface area contributed by atoms with E-state index in [0.29, 0.717) is 25.8 Å². The van der Waals surface area contributed by atoms with Crippen molar-refractivity contribution in [1.29, 1.82) is 0 Å². The van der Waals surface area contributed by atoms with Crippen molar-refractivity contribution in [2.45, 2.75) is 57.2 Å². The highest BCUT2D eigenvalue weighted by Gasteiger charge is 2.40. The molecule has 1 N–H and O–H groups in total. The number of hydrogen-bond acceptors (Lipinski definition) is 4. The third-order valence-corrected chi connectivity index (χ3v) is 5.05. The van der Waals surface area contributed by atoms with Gasteiger partial charge in [-0.2, -0.15) is 0 Å². The van der Waals surface area contributed by atoms with Gasteiger partial charge in [0.25, 0.3) is 0 Å². The van der Waals surface area contributed by atoms with E-state index in [4.69, 9.17) is 4.74 Å². The van der Waals surface area contributed by atoms with Gasteiger partial charge in [-0.15, -0.1) is 0 Å². The van der Waals surface area contributed by atoms with Crippen molar-refractivity contribution in [2.24, 2.45) is 0 Å². The molecule has 3 atom stereocenters. The number of esters is 1. The van der Waals surface area contributed by atoms with Crippen LogP contribution in [-0.4, -0.2) is 41.3 Å². The molecular weight excluding hydrogens is 344 g/mol. The van der Waals surface area contributed by atoms with Crippen LogP contribution in [0.15, 0.2) is 42.5 Å². The summed E-state index contributed by atoms with van der Waals surface area (Å²) in [5.74, 6) is -0.600. The minimum absolute atomic E-state index is 0.116. The molecule has 0 spiro atoms. The van der Waals surface area contributed by atoms with Crippen LogP contribution >= 0.6 is 0 Å². The molecule has 0 radical (unpaired) electrons. The Morgan fingerprint density at radius 2 is 1.96 bits per heavy atom. The van der Waals surface area contributed by atoms with Crippen LogP contribution in [0.4, 0.5) is 0 Å². The lowest BCUT2D eigenvalue weighted by Crippen LogP contribution is -2.51. The summed E-state index contributed by atoms with van der Waals surface area (Å²) in [5.41, 5.74) is 0.888. The van der Waals surface area contributed by atoms with Gasteiger partial charge in [-0.05, 0) is 31.2 Å². The van der Waals surface area contributed by atoms with Crippen LogP contribution in [0.25, 0.3) is 0 Å². The largest absolute Gasteiger partial charge is 0.455 e. The molecule has 2 aliphatic heterocycles. The molecule has 1 saturated heterocycles. The molecule has 0 aromatic heterocycles. The second-order valence-corrected chi connectivity index (χ2v) is 7.06. The number of hydrogen-bond donors (Lipinski definition) is 1. The van der Waals surface area contributed by atoms with Gasteiger partial charge in [0.2, 0.25) is 11.8 Å². The summed E-state index contributed by atoms with van der Waals surface area (Å²) in [6.07, 6.45) is 6.11. The minimum Gasteiger partial charge on any atom is -0.455 e. The van der Waals surface area contributed by atoms with Crippen molar-refractivity contribution >= 4 is 17.8 Å². The van der Waals surface area contributed by atoms with Gasteiger partial charge in [0.05, 0.1) is 6.04 Å². The Kier molecular flexibility index (Phi) is 6.27. The van der Waals surface area contributed by atoms with E-state index < -0.39 is 12.1 Å². The number of fused-ring (bicyclic) bond motifs is 1. The Morgan fingerprint density at radius 1 is 1.19 bits per heavy atom. The summed E-state index contributed by atoms with van der Waals surface area (Å²) in [5, 5.41) is 2.77. The van der Waals surface area contributed by atoms with E-state index in [9.17, 15) is 14.4 Å². The van der Waals surface area contributed by atoms with Gasteiger partial charge in [-0.25, -0.2) is 0 Å². The first-order valence-corrected chi connectivity index (χ1v) is 9.53. The van der Waals surface area contributed by atoms with Crippen molar-refractivity contribution in [3.8, 4) is 0 Å². The van der Waals surface area contributed by atoms with Crippen molar-refractivity contribution in [3.05, 3.63) is 48.0 Å². The first-order chi connectivity index (χ1) is 13.1. The second kappa shape index (κ2) is 8.84. The van der Waals surface area contributed by atoms with E-state index in [1.165, 1.54) is 6.92 Å². The molecule has 0 saturated carbocycles. The van der Waals surface area contributed by atoms with Gasteiger partial charge in [0, 0.05) is 19.9 Å². The van der Waals surface area contributed by atoms with Crippen molar-refractivity contribution in [3.63, 3.8) is 0 Å². The fourth-order valence-corrected chi connectivity index (χ4v) is 3.81. The van der Waals surface area contributed by atoms with Crippen LogP contribution in [-0.2, 0) is 19.1 Å². The van der Waals surface area contributed by atoms with Gasteiger partial charge in [-0.1, -0.05) is 42.5 Å². The van der Waals surface area contributed by atoms with E-state index in [1.807, 2.05) is 42.5 Å². The number of nitrogens with zero attached hydrogens (tertiary/aromatic N) is 1. The first kappa shape index (κ1) is 19.1. The maximum Gasteiger partial charge on any atom is 0.306 e. The average molecular weight is 370 g/mol. The summed E-state index contributed by atoms with van der Waals surface area (Å²) >= 11 is 0. The van der Waals surface area contributed by atoms with Crippen molar-refractivity contribution in [1.82, 2.24) is 10.2 Å². The monoisotopic (exact) mass is 370 g/mol. The maximum absolute atomic E-state index is 13.2. The molecule has 3 rings (SSSR count). The lowest BCUT2D eigenvalue weighted by molar-refractivity contribution is -0.156. The van der Waals surface area contributed by atoms with E-state index >= 15 is 0 Å². The zero-order valence-electron chi connectivity index (χ0n) is 15.6. The number of benzene rings is 1. The number of carbonyl (C=O) groups is 3. The third-order valence-electron chi connectivity index (χ3n) is 5.05. The summed E-state index contributed by atoms with van der Waals surface area (Å²) in [4.78, 5) is 38.9. The fraction of sp³-hybridized carbons (Fsp3) is 0.476. The number of ether oxygens (including phenoxy) is 1. The van der Waals surface area contributed by atoms with Crippen LogP contribution in [0.3, 0.4) is 0 Å². The highest BCUT2D eigenvalue weighted by atomic mass is 16.5. The predicted octanol–water partition coefficient (Wildman–Crippen LogP) is 2.51. The minimum atomic E-state index is -0.592. The van der Waals surface area contributed by atoms with Gasteiger partial charge < -0.3 is 15.0 Å². The standard InChI is InChI=1S/C21H26N2O4/c1-15(24)22-17-11-6-3-7-13-19(25)27-20(16-9-4-2-5-10-16)18-12-8-14-23(18)21(17)26/h2-6,9-10,17-18,20H,7-8,11-14H2,1H3,(H,22,24)/b6-3+/t17-,18+,20-/m1/s1. The number of rotatable bonds is 2. The molecule has 2 aliphatic rings. The van der Waals surface area contributed by atoms with Gasteiger partial charge in [0.15, 0.2) is 0 Å². The van der Waals surface area contributed by atoms with Gasteiger partial charge >= 0.3 is 5.97 Å². The molecular formula is C21H26N2O4. The number of cyclic esters (lactones) is 1. The molecule has 2 amide bonds. The first-order valence-electron chi connectivity index (χ1n) is 9.53. The molecule has 0 aliphatic carbocycles. The molecule has 0 unspecified atom stereocenters. The lowest BCUT2D eigenvalue weighted by atomic mass is 9.99. The van der Waals surface area contributed by atoms with E-state index in [-0.39, 0.29) is 23.8 Å². The number of nitrogens with one attached hydrogen (secondary N) is 1. The van der Waals surface area contributed by atoms with Crippen molar-refractivity contribution in [2.75, 3.05) is 6.54 Å². The summed E-state index contributed by atoms with van der Waals surface area (Å²) in [6, 6.07) is 8.77. The zero-order valence-corrected chi connectivity index (χ0v) is 15.6. The van der Waals surface area contributed by atoms with E-state index in [2.05, 4.69) is 5.32 Å². The van der Waals surface area contributed by atoms with Crippen LogP contribution in [0.5, 0.6) is 0 Å². The molecule has 2 heterocycles.